The van der Waals surface area contributed by atoms with Crippen LogP contribution >= 0.6 is 0 Å². The van der Waals surface area contributed by atoms with Crippen LogP contribution < -0.4 is 30.0 Å². The van der Waals surface area contributed by atoms with E-state index in [0.717, 1.165) is 29.7 Å². The number of aliphatic hydroxyl groups is 2. The maximum Gasteiger partial charge on any atom is 0.310 e. The van der Waals surface area contributed by atoms with Gasteiger partial charge in [-0.05, 0) is 141 Å². The SMILES string of the molecule is CCC(C(=O)NCCCCN)C(O)(c1ccc(OC)cc1)c1ccc(Oc2ccc(C)cc2)cc1.CCC(C(=O)O)C(O)(c1ccc(OC)cc1)c1ccc(Oc2ccc(C)cc2)cc1. The molecule has 6 aromatic carbocycles. The summed E-state index contributed by atoms with van der Waals surface area (Å²) in [5, 5.41) is 36.7. The Hall–Kier alpha value is -6.66. The molecule has 4 unspecified atom stereocenters. The summed E-state index contributed by atoms with van der Waals surface area (Å²) in [5.41, 5.74) is 6.84. The molecule has 0 aliphatic heterocycles. The molecule has 0 aliphatic carbocycles. The molecule has 0 bridgehead atoms. The Morgan fingerprint density at radius 3 is 1.12 bits per heavy atom. The van der Waals surface area contributed by atoms with Gasteiger partial charge in [0.25, 0.3) is 0 Å². The number of carbonyl (C=O) groups is 2. The zero-order valence-corrected chi connectivity index (χ0v) is 38.1. The van der Waals surface area contributed by atoms with Crippen molar-refractivity contribution in [2.24, 2.45) is 17.6 Å². The van der Waals surface area contributed by atoms with Crippen LogP contribution in [0.4, 0.5) is 0 Å². The Labute approximate surface area is 382 Å². The molecule has 6 rings (SSSR count). The van der Waals surface area contributed by atoms with Crippen LogP contribution in [0.3, 0.4) is 0 Å². The molecule has 4 atom stereocenters. The molecule has 6 N–H and O–H groups in total. The smallest absolute Gasteiger partial charge is 0.310 e. The number of carboxylic acids is 1. The molecule has 6 aromatic rings. The van der Waals surface area contributed by atoms with Gasteiger partial charge in [0.15, 0.2) is 0 Å². The Balaban J connectivity index is 0.000000247. The average molecular weight is 883 g/mol. The van der Waals surface area contributed by atoms with Crippen molar-refractivity contribution in [1.82, 2.24) is 5.32 Å². The van der Waals surface area contributed by atoms with Crippen LogP contribution in [-0.2, 0) is 20.8 Å². The first-order valence-electron chi connectivity index (χ1n) is 21.9. The highest BCUT2D eigenvalue weighted by Crippen LogP contribution is 2.42. The third-order valence-corrected chi connectivity index (χ3v) is 11.5. The molecule has 0 heterocycles. The molecule has 11 heteroatoms. The summed E-state index contributed by atoms with van der Waals surface area (Å²) < 4.78 is 22.3. The van der Waals surface area contributed by atoms with Crippen LogP contribution in [0.1, 0.15) is 72.9 Å². The van der Waals surface area contributed by atoms with E-state index in [2.05, 4.69) is 5.32 Å². The first-order valence-corrected chi connectivity index (χ1v) is 21.9. The normalized spacial score (nSPS) is 13.7. The number of benzene rings is 6. The maximum atomic E-state index is 13.2. The summed E-state index contributed by atoms with van der Waals surface area (Å²) in [6, 6.07) is 43.7. The molecule has 65 heavy (non-hydrogen) atoms. The number of hydrogen-bond acceptors (Lipinski definition) is 9. The zero-order valence-electron chi connectivity index (χ0n) is 38.1. The third kappa shape index (κ3) is 12.3. The van der Waals surface area contributed by atoms with Gasteiger partial charge in [0.1, 0.15) is 45.7 Å². The second-order valence-electron chi connectivity index (χ2n) is 15.9. The number of hydrogen-bond donors (Lipinski definition) is 5. The van der Waals surface area contributed by atoms with Gasteiger partial charge >= 0.3 is 5.97 Å². The summed E-state index contributed by atoms with van der Waals surface area (Å²) in [4.78, 5) is 25.2. The van der Waals surface area contributed by atoms with Crippen molar-refractivity contribution in [3.63, 3.8) is 0 Å². The standard InChI is InChI=1S/C29H36N2O4.C25H26O5/c1-4-27(28(32)31-20-6-5-19-30)29(33,22-9-15-24(34-3)16-10-22)23-11-17-26(18-12-23)35-25-13-7-21(2)8-14-25;1-4-23(24(26)27)25(28,18-7-13-20(29-3)14-8-18)19-9-15-22(16-10-19)30-21-11-5-17(2)6-12-21/h7-18,27,33H,4-6,19-20,30H2,1-3H3,(H,31,32);5-16,23,28H,4H2,1-3H3,(H,26,27). The van der Waals surface area contributed by atoms with E-state index >= 15 is 0 Å². The van der Waals surface area contributed by atoms with Crippen molar-refractivity contribution in [2.75, 3.05) is 27.3 Å². The van der Waals surface area contributed by atoms with E-state index < -0.39 is 29.0 Å². The van der Waals surface area contributed by atoms with Crippen molar-refractivity contribution >= 4 is 11.9 Å². The van der Waals surface area contributed by atoms with E-state index in [4.69, 9.17) is 24.7 Å². The molecular formula is C54H62N2O9. The van der Waals surface area contributed by atoms with E-state index in [1.165, 1.54) is 0 Å². The monoisotopic (exact) mass is 882 g/mol. The highest BCUT2D eigenvalue weighted by molar-refractivity contribution is 5.81. The predicted octanol–water partition coefficient (Wildman–Crippen LogP) is 10.1. The topological polar surface area (TPSA) is 170 Å². The second-order valence-corrected chi connectivity index (χ2v) is 15.9. The van der Waals surface area contributed by atoms with E-state index in [-0.39, 0.29) is 12.3 Å². The van der Waals surface area contributed by atoms with Gasteiger partial charge in [-0.25, -0.2) is 0 Å². The van der Waals surface area contributed by atoms with E-state index in [1.807, 2.05) is 93.6 Å². The minimum atomic E-state index is -1.70. The van der Waals surface area contributed by atoms with Crippen LogP contribution in [0, 0.1) is 25.7 Å². The van der Waals surface area contributed by atoms with Gasteiger partial charge in [0.05, 0.1) is 26.1 Å². The van der Waals surface area contributed by atoms with Crippen molar-refractivity contribution in [1.29, 1.82) is 0 Å². The molecule has 0 spiro atoms. The summed E-state index contributed by atoms with van der Waals surface area (Å²) in [5.74, 6) is 1.03. The lowest BCUT2D eigenvalue weighted by atomic mass is 9.74. The van der Waals surface area contributed by atoms with E-state index in [1.54, 1.807) is 93.9 Å². The number of unbranched alkanes of at least 4 members (excludes halogenated alkanes) is 1. The van der Waals surface area contributed by atoms with Crippen LogP contribution in [0.15, 0.2) is 146 Å². The minimum absolute atomic E-state index is 0.192. The van der Waals surface area contributed by atoms with Crippen LogP contribution in [0.5, 0.6) is 34.5 Å². The van der Waals surface area contributed by atoms with Crippen molar-refractivity contribution < 1.29 is 43.9 Å². The number of ether oxygens (including phenoxy) is 4. The molecular weight excluding hydrogens is 821 g/mol. The fourth-order valence-electron chi connectivity index (χ4n) is 7.79. The molecule has 0 saturated carbocycles. The second kappa shape index (κ2) is 23.3. The number of amides is 1. The highest BCUT2D eigenvalue weighted by Gasteiger charge is 2.45. The molecule has 0 saturated heterocycles. The molecule has 0 aliphatic rings. The highest BCUT2D eigenvalue weighted by atomic mass is 16.5. The van der Waals surface area contributed by atoms with Gasteiger partial charge in [-0.15, -0.1) is 0 Å². The summed E-state index contributed by atoms with van der Waals surface area (Å²) in [7, 11) is 3.15. The van der Waals surface area contributed by atoms with Crippen LogP contribution in [0.2, 0.25) is 0 Å². The average Bonchev–Trinajstić information content (AvgIpc) is 3.32. The molecule has 0 fully saturated rings. The number of nitrogens with one attached hydrogen (secondary N) is 1. The van der Waals surface area contributed by atoms with Gasteiger partial charge in [-0.1, -0.05) is 97.8 Å². The predicted molar refractivity (Wildman–Crippen MR) is 254 cm³/mol. The van der Waals surface area contributed by atoms with Gasteiger partial charge in [0.2, 0.25) is 5.91 Å². The molecule has 0 radical (unpaired) electrons. The first kappa shape index (κ1) is 49.4. The van der Waals surface area contributed by atoms with Crippen molar-refractivity contribution in [3.8, 4) is 34.5 Å². The largest absolute Gasteiger partial charge is 0.497 e. The van der Waals surface area contributed by atoms with Crippen LogP contribution in [-0.4, -0.2) is 54.5 Å². The minimum Gasteiger partial charge on any atom is -0.497 e. The quantitative estimate of drug-likeness (QED) is 0.0465. The maximum absolute atomic E-state index is 13.2. The number of nitrogens with two attached hydrogens (primary N) is 1. The lowest BCUT2D eigenvalue weighted by Crippen LogP contribution is -2.45. The first-order chi connectivity index (χ1) is 31.3. The molecule has 1 amide bonds. The van der Waals surface area contributed by atoms with E-state index in [0.29, 0.717) is 70.5 Å². The fraction of sp³-hybridized carbons (Fsp3) is 0.296. The van der Waals surface area contributed by atoms with Gasteiger partial charge < -0.3 is 45.3 Å². The zero-order chi connectivity index (χ0) is 47.0. The summed E-state index contributed by atoms with van der Waals surface area (Å²) in [6.07, 6.45) is 2.35. The summed E-state index contributed by atoms with van der Waals surface area (Å²) >= 11 is 0. The number of carboxylic acid groups (broad SMARTS) is 1. The fourth-order valence-corrected chi connectivity index (χ4v) is 7.79. The Bertz CT molecular complexity index is 2390. The number of rotatable bonds is 20. The van der Waals surface area contributed by atoms with Crippen molar-refractivity contribution in [2.45, 2.75) is 64.6 Å². The number of aryl methyl sites for hydroxylation is 2. The van der Waals surface area contributed by atoms with Crippen molar-refractivity contribution in [3.05, 3.63) is 179 Å². The molecule has 0 aromatic heterocycles. The lowest BCUT2D eigenvalue weighted by Gasteiger charge is -2.36. The summed E-state index contributed by atoms with van der Waals surface area (Å²) in [6.45, 7) is 8.80. The van der Waals surface area contributed by atoms with E-state index in [9.17, 15) is 24.9 Å². The molecule has 11 nitrogen and oxygen atoms in total. The number of carbonyl (C=O) groups excluding carboxylic acids is 1. The number of aliphatic carboxylic acids is 1. The van der Waals surface area contributed by atoms with Gasteiger partial charge in [-0.2, -0.15) is 0 Å². The van der Waals surface area contributed by atoms with Crippen LogP contribution in [0.25, 0.3) is 0 Å². The number of methoxy groups -OCH3 is 2. The Kier molecular flexibility index (Phi) is 17.7. The van der Waals surface area contributed by atoms with Gasteiger partial charge in [-0.3, -0.25) is 9.59 Å². The lowest BCUT2D eigenvalue weighted by molar-refractivity contribution is -0.150. The Morgan fingerprint density at radius 2 is 0.831 bits per heavy atom. The van der Waals surface area contributed by atoms with Gasteiger partial charge in [0, 0.05) is 6.54 Å². The molecule has 342 valence electrons. The third-order valence-electron chi connectivity index (χ3n) is 11.5. The Morgan fingerprint density at radius 1 is 0.523 bits per heavy atom.